The molecule has 2 N–H and O–H groups in total. The van der Waals surface area contributed by atoms with Crippen molar-refractivity contribution in [1.29, 1.82) is 0 Å². The molecule has 2 aromatic carbocycles. The van der Waals surface area contributed by atoms with Crippen LogP contribution in [0.3, 0.4) is 0 Å². The summed E-state index contributed by atoms with van der Waals surface area (Å²) < 4.78 is 38.6. The highest BCUT2D eigenvalue weighted by Crippen LogP contribution is 2.30. The molecule has 0 aliphatic carbocycles. The van der Waals surface area contributed by atoms with Gasteiger partial charge in [-0.25, -0.2) is 8.78 Å². The highest BCUT2D eigenvalue weighted by Gasteiger charge is 2.27. The fourth-order valence-corrected chi connectivity index (χ4v) is 2.96. The molecule has 8 heteroatoms. The molecule has 0 unspecified atom stereocenters. The van der Waals surface area contributed by atoms with E-state index in [0.29, 0.717) is 24.7 Å². The first-order chi connectivity index (χ1) is 13.9. The lowest BCUT2D eigenvalue weighted by atomic mass is 10.0. The Morgan fingerprint density at radius 3 is 2.34 bits per heavy atom. The summed E-state index contributed by atoms with van der Waals surface area (Å²) in [5, 5.41) is 5.16. The van der Waals surface area contributed by atoms with Gasteiger partial charge < -0.3 is 20.1 Å². The van der Waals surface area contributed by atoms with E-state index in [1.165, 1.54) is 6.07 Å². The number of amides is 2. The van der Waals surface area contributed by atoms with Gasteiger partial charge in [-0.1, -0.05) is 26.0 Å². The molecule has 2 aromatic rings. The monoisotopic (exact) mass is 404 g/mol. The molecule has 0 saturated carbocycles. The highest BCUT2D eigenvalue weighted by atomic mass is 19.1. The molecule has 2 amide bonds. The summed E-state index contributed by atoms with van der Waals surface area (Å²) in [5.41, 5.74) is 0.0781. The van der Waals surface area contributed by atoms with Gasteiger partial charge in [0.25, 0.3) is 5.91 Å². The Kier molecular flexibility index (Phi) is 6.31. The van der Waals surface area contributed by atoms with Crippen LogP contribution in [0.1, 0.15) is 29.8 Å². The second kappa shape index (κ2) is 8.89. The molecular formula is C21H22F2N2O4. The van der Waals surface area contributed by atoms with Crippen LogP contribution in [-0.4, -0.2) is 31.1 Å². The number of nitrogens with one attached hydrogen (secondary N) is 2. The van der Waals surface area contributed by atoms with Gasteiger partial charge in [0.1, 0.15) is 36.5 Å². The van der Waals surface area contributed by atoms with E-state index in [1.807, 2.05) is 0 Å². The molecule has 3 rings (SSSR count). The van der Waals surface area contributed by atoms with Gasteiger partial charge in [0.2, 0.25) is 5.91 Å². The molecule has 6 nitrogen and oxygen atoms in total. The van der Waals surface area contributed by atoms with Crippen LogP contribution in [0.25, 0.3) is 0 Å². The van der Waals surface area contributed by atoms with Crippen molar-refractivity contribution in [1.82, 2.24) is 10.6 Å². The minimum Gasteiger partial charge on any atom is -0.486 e. The topological polar surface area (TPSA) is 76.7 Å². The Morgan fingerprint density at radius 1 is 1.03 bits per heavy atom. The van der Waals surface area contributed by atoms with Gasteiger partial charge in [-0.05, 0) is 35.7 Å². The number of carbonyl (C=O) groups excluding carboxylic acids is 2. The molecule has 1 heterocycles. The number of carbonyl (C=O) groups is 2. The summed E-state index contributed by atoms with van der Waals surface area (Å²) >= 11 is 0. The zero-order chi connectivity index (χ0) is 21.0. The fraction of sp³-hybridized carbons (Fsp3) is 0.333. The van der Waals surface area contributed by atoms with Crippen molar-refractivity contribution in [2.24, 2.45) is 5.92 Å². The summed E-state index contributed by atoms with van der Waals surface area (Å²) in [6.45, 7) is 4.60. The van der Waals surface area contributed by atoms with Crippen LogP contribution in [0.4, 0.5) is 8.78 Å². The third-order valence-electron chi connectivity index (χ3n) is 4.50. The van der Waals surface area contributed by atoms with Crippen LogP contribution in [-0.2, 0) is 11.3 Å². The quantitative estimate of drug-likeness (QED) is 0.776. The third kappa shape index (κ3) is 4.82. The average molecular weight is 404 g/mol. The SMILES string of the molecule is CC(C)[C@H](NC(=O)c1c(F)cccc1F)C(=O)NCc1ccc2c(c1)OCCO2. The van der Waals surface area contributed by atoms with Crippen molar-refractivity contribution in [2.45, 2.75) is 26.4 Å². The lowest BCUT2D eigenvalue weighted by Gasteiger charge is -2.22. The van der Waals surface area contributed by atoms with Gasteiger partial charge in [-0.2, -0.15) is 0 Å². The first kappa shape index (κ1) is 20.6. The number of hydrogen-bond acceptors (Lipinski definition) is 4. The van der Waals surface area contributed by atoms with Crippen molar-refractivity contribution in [2.75, 3.05) is 13.2 Å². The molecule has 1 aliphatic heterocycles. The molecule has 0 aromatic heterocycles. The summed E-state index contributed by atoms with van der Waals surface area (Å²) in [5.74, 6) is -2.46. The van der Waals surface area contributed by atoms with Gasteiger partial charge in [-0.15, -0.1) is 0 Å². The Balaban J connectivity index is 1.66. The molecule has 29 heavy (non-hydrogen) atoms. The second-order valence-electron chi connectivity index (χ2n) is 6.99. The summed E-state index contributed by atoms with van der Waals surface area (Å²) in [6, 6.07) is 7.52. The van der Waals surface area contributed by atoms with Crippen LogP contribution in [0.2, 0.25) is 0 Å². The molecule has 0 saturated heterocycles. The summed E-state index contributed by atoms with van der Waals surface area (Å²) in [4.78, 5) is 25.0. The van der Waals surface area contributed by atoms with Gasteiger partial charge in [0.05, 0.1) is 0 Å². The van der Waals surface area contributed by atoms with E-state index in [2.05, 4.69) is 10.6 Å². The smallest absolute Gasteiger partial charge is 0.257 e. The van der Waals surface area contributed by atoms with E-state index in [4.69, 9.17) is 9.47 Å². The van der Waals surface area contributed by atoms with Gasteiger partial charge >= 0.3 is 0 Å². The number of benzene rings is 2. The predicted octanol–water partition coefficient (Wildman–Crippen LogP) is 2.81. The Labute approximate surface area is 167 Å². The van der Waals surface area contributed by atoms with Crippen molar-refractivity contribution < 1.29 is 27.8 Å². The van der Waals surface area contributed by atoms with E-state index in [-0.39, 0.29) is 12.5 Å². The van der Waals surface area contributed by atoms with Gasteiger partial charge in [-0.3, -0.25) is 9.59 Å². The maximum Gasteiger partial charge on any atom is 0.257 e. The molecule has 0 radical (unpaired) electrons. The Hall–Kier alpha value is -3.16. The summed E-state index contributed by atoms with van der Waals surface area (Å²) in [7, 11) is 0. The van der Waals surface area contributed by atoms with Crippen molar-refractivity contribution in [3.8, 4) is 11.5 Å². The normalized spacial score (nSPS) is 13.7. The van der Waals surface area contributed by atoms with Gasteiger partial charge in [0.15, 0.2) is 11.5 Å². The van der Waals surface area contributed by atoms with E-state index in [0.717, 1.165) is 17.7 Å². The van der Waals surface area contributed by atoms with Crippen molar-refractivity contribution in [3.05, 3.63) is 59.2 Å². The average Bonchev–Trinajstić information content (AvgIpc) is 2.69. The van der Waals surface area contributed by atoms with E-state index in [9.17, 15) is 18.4 Å². The molecule has 0 fully saturated rings. The number of rotatable bonds is 6. The zero-order valence-electron chi connectivity index (χ0n) is 16.1. The zero-order valence-corrected chi connectivity index (χ0v) is 16.1. The fourth-order valence-electron chi connectivity index (χ4n) is 2.96. The van der Waals surface area contributed by atoms with Crippen LogP contribution in [0, 0.1) is 17.6 Å². The first-order valence-corrected chi connectivity index (χ1v) is 9.28. The number of halogens is 2. The van der Waals surface area contributed by atoms with E-state index in [1.54, 1.807) is 32.0 Å². The van der Waals surface area contributed by atoms with Crippen LogP contribution in [0.5, 0.6) is 11.5 Å². The van der Waals surface area contributed by atoms with Crippen molar-refractivity contribution in [3.63, 3.8) is 0 Å². The van der Waals surface area contributed by atoms with Gasteiger partial charge in [0, 0.05) is 6.54 Å². The molecule has 154 valence electrons. The molecular weight excluding hydrogens is 382 g/mol. The van der Waals surface area contributed by atoms with Crippen LogP contribution >= 0.6 is 0 Å². The second-order valence-corrected chi connectivity index (χ2v) is 6.99. The van der Waals surface area contributed by atoms with Crippen molar-refractivity contribution >= 4 is 11.8 Å². The van der Waals surface area contributed by atoms with Crippen LogP contribution < -0.4 is 20.1 Å². The predicted molar refractivity (Wildman–Crippen MR) is 102 cm³/mol. The molecule has 0 spiro atoms. The lowest BCUT2D eigenvalue weighted by molar-refractivity contribution is -0.124. The standard InChI is InChI=1S/C21H22F2N2O4/c1-12(2)19(25-20(26)18-14(22)4-3-5-15(18)23)21(27)24-11-13-6-7-16-17(10-13)29-9-8-28-16/h3-7,10,12,19H,8-9,11H2,1-2H3,(H,24,27)(H,25,26)/t19-/m0/s1. The Bertz CT molecular complexity index is 897. The first-order valence-electron chi connectivity index (χ1n) is 9.28. The van der Waals surface area contributed by atoms with E-state index < -0.39 is 35.1 Å². The Morgan fingerprint density at radius 2 is 1.69 bits per heavy atom. The highest BCUT2D eigenvalue weighted by molar-refractivity contribution is 5.98. The number of hydrogen-bond donors (Lipinski definition) is 2. The number of fused-ring (bicyclic) bond motifs is 1. The maximum atomic E-state index is 13.8. The third-order valence-corrected chi connectivity index (χ3v) is 4.50. The largest absolute Gasteiger partial charge is 0.486 e. The maximum absolute atomic E-state index is 13.8. The molecule has 0 bridgehead atoms. The molecule has 1 atom stereocenters. The van der Waals surface area contributed by atoms with Crippen LogP contribution in [0.15, 0.2) is 36.4 Å². The molecule has 1 aliphatic rings. The minimum absolute atomic E-state index is 0.197. The van der Waals surface area contributed by atoms with E-state index >= 15 is 0 Å². The lowest BCUT2D eigenvalue weighted by Crippen LogP contribution is -2.49. The number of ether oxygens (including phenoxy) is 2. The summed E-state index contributed by atoms with van der Waals surface area (Å²) in [6.07, 6.45) is 0. The minimum atomic E-state index is -0.985.